The number of nitrogens with one attached hydrogen (secondary N) is 3. The number of urea groups is 1. The number of benzene rings is 1. The Morgan fingerprint density at radius 3 is 2.88 bits per heavy atom. The van der Waals surface area contributed by atoms with E-state index in [9.17, 15) is 9.59 Å². The first-order chi connectivity index (χ1) is 15.6. The third kappa shape index (κ3) is 4.28. The quantitative estimate of drug-likeness (QED) is 0.552. The molecule has 7 heteroatoms. The number of hydrogen-bond donors (Lipinski definition) is 3. The van der Waals surface area contributed by atoms with E-state index in [0.29, 0.717) is 25.0 Å². The molecule has 1 fully saturated rings. The lowest BCUT2D eigenvalue weighted by Gasteiger charge is -2.47. The maximum Gasteiger partial charge on any atom is 0.324 e. The van der Waals surface area contributed by atoms with Gasteiger partial charge in [-0.25, -0.2) is 4.79 Å². The molecule has 0 unspecified atom stereocenters. The number of imide groups is 1. The molecule has 2 heterocycles. The van der Waals surface area contributed by atoms with Crippen LogP contribution < -0.4 is 10.6 Å². The molecule has 1 saturated heterocycles. The zero-order valence-electron chi connectivity index (χ0n) is 19.6. The lowest BCUT2D eigenvalue weighted by atomic mass is 9.72. The molecule has 0 spiro atoms. The Bertz CT molecular complexity index is 955. The summed E-state index contributed by atoms with van der Waals surface area (Å²) >= 11 is 0. The molecular formula is C25H37N5O2. The Hall–Kier alpha value is -2.38. The van der Waals surface area contributed by atoms with E-state index in [2.05, 4.69) is 51.8 Å². The number of aromatic nitrogens is 1. The van der Waals surface area contributed by atoms with Crippen LogP contribution in [0.5, 0.6) is 0 Å². The summed E-state index contributed by atoms with van der Waals surface area (Å²) in [7, 11) is 1.89. The predicted octanol–water partition coefficient (Wildman–Crippen LogP) is 3.08. The van der Waals surface area contributed by atoms with E-state index in [0.717, 1.165) is 45.3 Å². The number of nitrogens with zero attached hydrogens (tertiary/aromatic N) is 2. The second kappa shape index (κ2) is 10.0. The molecule has 0 bridgehead atoms. The van der Waals surface area contributed by atoms with Crippen molar-refractivity contribution in [3.05, 3.63) is 35.5 Å². The zero-order chi connectivity index (χ0) is 22.7. The van der Waals surface area contributed by atoms with Gasteiger partial charge in [-0.1, -0.05) is 19.1 Å². The third-order valence-corrected chi connectivity index (χ3v) is 7.08. The van der Waals surface area contributed by atoms with Crippen LogP contribution in [0.1, 0.15) is 50.2 Å². The summed E-state index contributed by atoms with van der Waals surface area (Å²) in [4.78, 5) is 33.8. The first-order valence-corrected chi connectivity index (χ1v) is 12.2. The Kier molecular flexibility index (Phi) is 7.16. The molecule has 7 nitrogen and oxygen atoms in total. The van der Waals surface area contributed by atoms with Crippen molar-refractivity contribution in [2.45, 2.75) is 51.5 Å². The van der Waals surface area contributed by atoms with Crippen LogP contribution in [0.3, 0.4) is 0 Å². The van der Waals surface area contributed by atoms with Crippen LogP contribution >= 0.6 is 0 Å². The first-order valence-electron chi connectivity index (χ1n) is 12.2. The maximum absolute atomic E-state index is 13.7. The predicted molar refractivity (Wildman–Crippen MR) is 128 cm³/mol. The van der Waals surface area contributed by atoms with E-state index >= 15 is 0 Å². The normalized spacial score (nSPS) is 22.5. The van der Waals surface area contributed by atoms with Crippen molar-refractivity contribution < 1.29 is 9.59 Å². The summed E-state index contributed by atoms with van der Waals surface area (Å²) in [6, 6.07) is 6.64. The van der Waals surface area contributed by atoms with Gasteiger partial charge in [-0.2, -0.15) is 0 Å². The van der Waals surface area contributed by atoms with Gasteiger partial charge in [0.15, 0.2) is 0 Å². The second-order valence-corrected chi connectivity index (χ2v) is 9.17. The van der Waals surface area contributed by atoms with Crippen molar-refractivity contribution in [3.63, 3.8) is 0 Å². The minimum atomic E-state index is -0.267. The van der Waals surface area contributed by atoms with E-state index in [1.165, 1.54) is 26.9 Å². The minimum absolute atomic E-state index is 0.0290. The Labute approximate surface area is 190 Å². The van der Waals surface area contributed by atoms with Gasteiger partial charge < -0.3 is 15.6 Å². The molecule has 0 saturated carbocycles. The number of piperidine rings is 1. The number of rotatable bonds is 8. The van der Waals surface area contributed by atoms with Gasteiger partial charge in [0.1, 0.15) is 0 Å². The van der Waals surface area contributed by atoms with Crippen LogP contribution in [0.2, 0.25) is 0 Å². The monoisotopic (exact) mass is 439 g/mol. The molecule has 3 N–H and O–H groups in total. The molecule has 32 heavy (non-hydrogen) atoms. The third-order valence-electron chi connectivity index (χ3n) is 7.08. The van der Waals surface area contributed by atoms with Crippen molar-refractivity contribution in [1.82, 2.24) is 25.4 Å². The lowest BCUT2D eigenvalue weighted by molar-refractivity contribution is -0.135. The fourth-order valence-electron chi connectivity index (χ4n) is 5.71. The molecular weight excluding hydrogens is 402 g/mol. The van der Waals surface area contributed by atoms with Crippen molar-refractivity contribution in [3.8, 4) is 0 Å². The smallest absolute Gasteiger partial charge is 0.324 e. The number of likely N-dealkylation sites (tertiary alicyclic amines) is 1. The number of carbonyl (C=O) groups is 2. The van der Waals surface area contributed by atoms with Gasteiger partial charge in [0.25, 0.3) is 0 Å². The average Bonchev–Trinajstić information content (AvgIpc) is 3.21. The van der Waals surface area contributed by atoms with Crippen LogP contribution in [0.4, 0.5) is 4.79 Å². The molecule has 1 aliphatic heterocycles. The van der Waals surface area contributed by atoms with Crippen molar-refractivity contribution in [2.24, 2.45) is 5.92 Å². The van der Waals surface area contributed by atoms with Crippen molar-refractivity contribution >= 4 is 22.8 Å². The molecule has 0 radical (unpaired) electrons. The van der Waals surface area contributed by atoms with Gasteiger partial charge in [0.05, 0.1) is 5.92 Å². The average molecular weight is 440 g/mol. The summed E-state index contributed by atoms with van der Waals surface area (Å²) < 4.78 is 0. The lowest BCUT2D eigenvalue weighted by Crippen LogP contribution is -2.55. The number of hydrogen-bond acceptors (Lipinski definition) is 4. The van der Waals surface area contributed by atoms with Gasteiger partial charge >= 0.3 is 6.03 Å². The first kappa shape index (κ1) is 22.8. The van der Waals surface area contributed by atoms with Crippen LogP contribution in [0.15, 0.2) is 24.4 Å². The minimum Gasteiger partial charge on any atom is -0.361 e. The standard InChI is InChI=1S/C25H37N5O2/c1-4-11-29-16-18(24(31)30(12-7-10-26-3)25(32)27-5-2)13-20-19-8-6-9-21-23(19)17(15-28-21)14-22(20)29/h6,8-9,15,18,20,22,26,28H,4-5,7,10-14,16H2,1-3H3,(H,27,32)/t18-,20-,22-/m1/s1. The number of fused-ring (bicyclic) bond motifs is 2. The molecule has 174 valence electrons. The van der Waals surface area contributed by atoms with Crippen molar-refractivity contribution in [2.75, 3.05) is 39.8 Å². The van der Waals surface area contributed by atoms with E-state index in [-0.39, 0.29) is 17.9 Å². The van der Waals surface area contributed by atoms with Crippen LogP contribution in [0.25, 0.3) is 10.9 Å². The van der Waals surface area contributed by atoms with Crippen LogP contribution in [0, 0.1) is 5.92 Å². The summed E-state index contributed by atoms with van der Waals surface area (Å²) in [5.41, 5.74) is 3.93. The van der Waals surface area contributed by atoms with E-state index in [1.54, 1.807) is 0 Å². The summed E-state index contributed by atoms with van der Waals surface area (Å²) in [5.74, 6) is 0.110. The second-order valence-electron chi connectivity index (χ2n) is 9.17. The molecule has 3 amide bonds. The van der Waals surface area contributed by atoms with E-state index in [1.807, 2.05) is 14.0 Å². The summed E-state index contributed by atoms with van der Waals surface area (Å²) in [6.45, 7) is 7.53. The maximum atomic E-state index is 13.7. The van der Waals surface area contributed by atoms with Crippen LogP contribution in [-0.4, -0.2) is 72.5 Å². The number of carbonyl (C=O) groups excluding carboxylic acids is 2. The van der Waals surface area contributed by atoms with Gasteiger partial charge in [-0.15, -0.1) is 0 Å². The summed E-state index contributed by atoms with van der Waals surface area (Å²) in [6.07, 6.45) is 5.78. The Morgan fingerprint density at radius 2 is 2.12 bits per heavy atom. The Balaban J connectivity index is 1.62. The highest BCUT2D eigenvalue weighted by molar-refractivity contribution is 5.96. The highest BCUT2D eigenvalue weighted by Gasteiger charge is 2.43. The molecule has 4 rings (SSSR count). The van der Waals surface area contributed by atoms with Crippen LogP contribution in [-0.2, 0) is 11.2 Å². The summed E-state index contributed by atoms with van der Waals surface area (Å²) in [5, 5.41) is 7.29. The highest BCUT2D eigenvalue weighted by Crippen LogP contribution is 2.45. The molecule has 3 atom stereocenters. The number of H-pyrrole nitrogens is 1. The van der Waals surface area contributed by atoms with Gasteiger partial charge in [0, 0.05) is 48.7 Å². The Morgan fingerprint density at radius 1 is 1.28 bits per heavy atom. The molecule has 2 aromatic rings. The molecule has 1 aromatic heterocycles. The van der Waals surface area contributed by atoms with Crippen molar-refractivity contribution in [1.29, 1.82) is 0 Å². The molecule has 1 aliphatic carbocycles. The fourth-order valence-corrected chi connectivity index (χ4v) is 5.71. The van der Waals surface area contributed by atoms with Gasteiger partial charge in [-0.3, -0.25) is 14.6 Å². The van der Waals surface area contributed by atoms with E-state index in [4.69, 9.17) is 0 Å². The van der Waals surface area contributed by atoms with Gasteiger partial charge in [-0.05, 0) is 69.9 Å². The highest BCUT2D eigenvalue weighted by atomic mass is 16.2. The SMILES string of the molecule is CCCN1C[C@H](C(=O)N(CCCNC)C(=O)NCC)C[C@@H]2c3cccc4[nH]cc(c34)C[C@H]21. The molecule has 1 aromatic carbocycles. The fraction of sp³-hybridized carbons (Fsp3) is 0.600. The van der Waals surface area contributed by atoms with E-state index < -0.39 is 0 Å². The largest absolute Gasteiger partial charge is 0.361 e. The van der Waals surface area contributed by atoms with Gasteiger partial charge in [0.2, 0.25) is 5.91 Å². The topological polar surface area (TPSA) is 80.5 Å². The zero-order valence-corrected chi connectivity index (χ0v) is 19.6. The number of amides is 3. The number of aromatic amines is 1. The molecule has 2 aliphatic rings.